The molecular weight excluding hydrogens is 272 g/mol. The van der Waals surface area contributed by atoms with E-state index in [2.05, 4.69) is 6.92 Å². The van der Waals surface area contributed by atoms with E-state index in [9.17, 15) is 4.79 Å². The van der Waals surface area contributed by atoms with Crippen molar-refractivity contribution in [3.05, 3.63) is 34.9 Å². The van der Waals surface area contributed by atoms with Crippen LogP contribution in [0.15, 0.2) is 24.3 Å². The Morgan fingerprint density at radius 1 is 1.30 bits per heavy atom. The highest BCUT2D eigenvalue weighted by atomic mass is 35.5. The molecule has 2 atom stereocenters. The zero-order valence-electron chi connectivity index (χ0n) is 12.6. The molecule has 2 unspecified atom stereocenters. The minimum absolute atomic E-state index is 0.0129. The Bertz CT molecular complexity index is 436. The lowest BCUT2D eigenvalue weighted by Gasteiger charge is -2.26. The van der Waals surface area contributed by atoms with E-state index >= 15 is 0 Å². The highest BCUT2D eigenvalue weighted by molar-refractivity contribution is 6.31. The molecule has 0 aliphatic carbocycles. The van der Waals surface area contributed by atoms with Crippen LogP contribution in [0.25, 0.3) is 0 Å². The van der Waals surface area contributed by atoms with Gasteiger partial charge in [0.05, 0.1) is 6.04 Å². The number of hydrogen-bond acceptors (Lipinski definition) is 2. The number of rotatable bonds is 7. The Labute approximate surface area is 127 Å². The summed E-state index contributed by atoms with van der Waals surface area (Å²) >= 11 is 6.18. The van der Waals surface area contributed by atoms with Crippen LogP contribution < -0.4 is 5.73 Å². The van der Waals surface area contributed by atoms with Crippen molar-refractivity contribution in [2.75, 3.05) is 13.6 Å². The van der Waals surface area contributed by atoms with Crippen LogP contribution in [0.4, 0.5) is 0 Å². The second-order valence-electron chi connectivity index (χ2n) is 5.42. The molecule has 112 valence electrons. The van der Waals surface area contributed by atoms with Gasteiger partial charge in [0.15, 0.2) is 0 Å². The number of halogens is 1. The van der Waals surface area contributed by atoms with Crippen molar-refractivity contribution in [2.45, 2.75) is 39.2 Å². The van der Waals surface area contributed by atoms with Crippen LogP contribution in [0, 0.1) is 5.92 Å². The van der Waals surface area contributed by atoms with E-state index in [0.717, 1.165) is 18.4 Å². The Balaban J connectivity index is 2.58. The van der Waals surface area contributed by atoms with Gasteiger partial charge in [0, 0.05) is 18.5 Å². The molecule has 20 heavy (non-hydrogen) atoms. The molecule has 0 heterocycles. The quantitative estimate of drug-likeness (QED) is 0.835. The molecule has 0 aliphatic rings. The molecule has 0 radical (unpaired) electrons. The Morgan fingerprint density at radius 3 is 2.55 bits per heavy atom. The fourth-order valence-electron chi connectivity index (χ4n) is 2.21. The van der Waals surface area contributed by atoms with Crippen LogP contribution in [0.2, 0.25) is 5.02 Å². The molecule has 2 N–H and O–H groups in total. The van der Waals surface area contributed by atoms with E-state index < -0.39 is 0 Å². The van der Waals surface area contributed by atoms with Crippen molar-refractivity contribution in [1.29, 1.82) is 0 Å². The first-order chi connectivity index (χ1) is 9.47. The molecule has 0 saturated heterocycles. The average Bonchev–Trinajstić information content (AvgIpc) is 2.44. The summed E-state index contributed by atoms with van der Waals surface area (Å²) in [6, 6.07) is 7.65. The number of nitrogens with two attached hydrogens (primary N) is 1. The van der Waals surface area contributed by atoms with E-state index in [1.807, 2.05) is 38.2 Å². The highest BCUT2D eigenvalue weighted by Crippen LogP contribution is 2.26. The third-order valence-electron chi connectivity index (χ3n) is 3.84. The molecule has 0 aromatic heterocycles. The van der Waals surface area contributed by atoms with Gasteiger partial charge in [-0.15, -0.1) is 0 Å². The summed E-state index contributed by atoms with van der Waals surface area (Å²) < 4.78 is 0. The second kappa shape index (κ2) is 8.28. The van der Waals surface area contributed by atoms with Gasteiger partial charge < -0.3 is 10.6 Å². The molecule has 1 rings (SSSR count). The van der Waals surface area contributed by atoms with Gasteiger partial charge in [0.25, 0.3) is 0 Å². The predicted octanol–water partition coefficient (Wildman–Crippen LogP) is 3.62. The number of carbonyl (C=O) groups is 1. The van der Waals surface area contributed by atoms with Crippen molar-refractivity contribution < 1.29 is 4.79 Å². The van der Waals surface area contributed by atoms with Crippen LogP contribution in [-0.4, -0.2) is 24.4 Å². The summed E-state index contributed by atoms with van der Waals surface area (Å²) in [4.78, 5) is 14.0. The van der Waals surface area contributed by atoms with Crippen LogP contribution in [0.1, 0.15) is 44.7 Å². The minimum Gasteiger partial charge on any atom is -0.339 e. The lowest BCUT2D eigenvalue weighted by Crippen LogP contribution is -2.30. The summed E-state index contributed by atoms with van der Waals surface area (Å²) in [7, 11) is 1.84. The van der Waals surface area contributed by atoms with Gasteiger partial charge in [0.2, 0.25) is 5.91 Å². The number of benzene rings is 1. The molecule has 0 saturated carbocycles. The van der Waals surface area contributed by atoms with Crippen LogP contribution >= 0.6 is 11.6 Å². The zero-order chi connectivity index (χ0) is 15.1. The third-order valence-corrected chi connectivity index (χ3v) is 4.18. The molecular formula is C16H25ClN2O. The number of hydrogen-bond donors (Lipinski definition) is 1. The average molecular weight is 297 g/mol. The number of nitrogens with zero attached hydrogens (tertiary/aromatic N) is 1. The largest absolute Gasteiger partial charge is 0.339 e. The van der Waals surface area contributed by atoms with Gasteiger partial charge in [-0.25, -0.2) is 0 Å². The number of amides is 1. The van der Waals surface area contributed by atoms with Crippen LogP contribution in [0.3, 0.4) is 0 Å². The standard InChI is InChI=1S/C16H25ClN2O/c1-12(10-11-18)8-9-16(20)19(3)13(2)14-6-4-5-7-15(14)17/h4-7,12-13H,8-11,18H2,1-3H3. The van der Waals surface area contributed by atoms with Crippen molar-refractivity contribution in [2.24, 2.45) is 11.7 Å². The van der Waals surface area contributed by atoms with Crippen molar-refractivity contribution in [3.8, 4) is 0 Å². The van der Waals surface area contributed by atoms with Gasteiger partial charge in [-0.2, -0.15) is 0 Å². The van der Waals surface area contributed by atoms with E-state index in [1.165, 1.54) is 0 Å². The normalized spacial score (nSPS) is 13.8. The Kier molecular flexibility index (Phi) is 7.03. The summed E-state index contributed by atoms with van der Waals surface area (Å²) in [6.45, 7) is 4.82. The molecule has 0 bridgehead atoms. The van der Waals surface area contributed by atoms with E-state index in [0.29, 0.717) is 23.9 Å². The highest BCUT2D eigenvalue weighted by Gasteiger charge is 2.19. The van der Waals surface area contributed by atoms with Gasteiger partial charge in [-0.05, 0) is 43.9 Å². The second-order valence-corrected chi connectivity index (χ2v) is 5.83. The SMILES string of the molecule is CC(CCN)CCC(=O)N(C)C(C)c1ccccc1Cl. The van der Waals surface area contributed by atoms with Crippen molar-refractivity contribution >= 4 is 17.5 Å². The monoisotopic (exact) mass is 296 g/mol. The topological polar surface area (TPSA) is 46.3 Å². The molecule has 1 amide bonds. The zero-order valence-corrected chi connectivity index (χ0v) is 13.4. The van der Waals surface area contributed by atoms with Crippen LogP contribution in [0.5, 0.6) is 0 Å². The lowest BCUT2D eigenvalue weighted by molar-refractivity contribution is -0.132. The van der Waals surface area contributed by atoms with Gasteiger partial charge in [-0.3, -0.25) is 4.79 Å². The maximum atomic E-state index is 12.2. The van der Waals surface area contributed by atoms with Gasteiger partial charge in [0.1, 0.15) is 0 Å². The first kappa shape index (κ1) is 17.0. The fourth-order valence-corrected chi connectivity index (χ4v) is 2.51. The molecule has 0 spiro atoms. The van der Waals surface area contributed by atoms with Crippen molar-refractivity contribution in [3.63, 3.8) is 0 Å². The third kappa shape index (κ3) is 4.80. The summed E-state index contributed by atoms with van der Waals surface area (Å²) in [5.74, 6) is 0.647. The molecule has 1 aromatic carbocycles. The van der Waals surface area contributed by atoms with Crippen LogP contribution in [-0.2, 0) is 4.79 Å². The molecule has 1 aromatic rings. The van der Waals surface area contributed by atoms with Gasteiger partial charge in [-0.1, -0.05) is 36.7 Å². The van der Waals surface area contributed by atoms with Gasteiger partial charge >= 0.3 is 0 Å². The summed E-state index contributed by atoms with van der Waals surface area (Å²) in [5.41, 5.74) is 6.51. The maximum Gasteiger partial charge on any atom is 0.222 e. The first-order valence-electron chi connectivity index (χ1n) is 7.17. The molecule has 0 aliphatic heterocycles. The molecule has 3 nitrogen and oxygen atoms in total. The summed E-state index contributed by atoms with van der Waals surface area (Å²) in [6.07, 6.45) is 2.42. The van der Waals surface area contributed by atoms with Crippen molar-refractivity contribution in [1.82, 2.24) is 4.90 Å². The molecule has 0 fully saturated rings. The predicted molar refractivity (Wildman–Crippen MR) is 84.7 cm³/mol. The van der Waals surface area contributed by atoms with E-state index in [1.54, 1.807) is 4.90 Å². The summed E-state index contributed by atoms with van der Waals surface area (Å²) in [5, 5.41) is 0.705. The Morgan fingerprint density at radius 2 is 1.95 bits per heavy atom. The smallest absolute Gasteiger partial charge is 0.222 e. The number of carbonyl (C=O) groups excluding carboxylic acids is 1. The maximum absolute atomic E-state index is 12.2. The first-order valence-corrected chi connectivity index (χ1v) is 7.55. The van der Waals surface area contributed by atoms with E-state index in [-0.39, 0.29) is 11.9 Å². The fraction of sp³-hybridized carbons (Fsp3) is 0.562. The van der Waals surface area contributed by atoms with E-state index in [4.69, 9.17) is 17.3 Å². The minimum atomic E-state index is -0.0129. The molecule has 4 heteroatoms. The lowest BCUT2D eigenvalue weighted by atomic mass is 10.0. The Hall–Kier alpha value is -1.06.